The Hall–Kier alpha value is -0.900. The third-order valence-corrected chi connectivity index (χ3v) is 3.37. The molecular weight excluding hydrogens is 218 g/mol. The fourth-order valence-electron chi connectivity index (χ4n) is 1.97. The molecule has 1 aliphatic heterocycles. The van der Waals surface area contributed by atoms with E-state index in [1.54, 1.807) is 0 Å². The number of carboxylic acid groups (broad SMARTS) is 1. The number of rotatable bonds is 5. The number of aliphatic carboxylic acids is 1. The number of carbonyl (C=O) groups is 2. The van der Waals surface area contributed by atoms with E-state index in [-0.39, 0.29) is 16.7 Å². The molecule has 0 aromatic heterocycles. The number of carboxylic acids is 1. The molecule has 0 bridgehead atoms. The summed E-state index contributed by atoms with van der Waals surface area (Å²) >= 11 is 0. The number of nitrogens with zero attached hydrogens (tertiary/aromatic N) is 1. The van der Waals surface area contributed by atoms with Crippen molar-refractivity contribution in [2.75, 3.05) is 6.54 Å². The molecule has 1 N–H and O–H groups in total. The van der Waals surface area contributed by atoms with Crippen LogP contribution in [0.1, 0.15) is 47.5 Å². The topological polar surface area (TPSA) is 57.4 Å². The first-order valence-electron chi connectivity index (χ1n) is 6.08. The Kier molecular flexibility index (Phi) is 3.67. The average molecular weight is 241 g/mol. The van der Waals surface area contributed by atoms with Crippen molar-refractivity contribution in [3.63, 3.8) is 0 Å². The molecule has 98 valence electrons. The van der Waals surface area contributed by atoms with Gasteiger partial charge < -0.3 is 5.11 Å². The lowest BCUT2D eigenvalue weighted by atomic mass is 9.87. The molecule has 17 heavy (non-hydrogen) atoms. The molecular formula is C13H23NO3. The van der Waals surface area contributed by atoms with E-state index in [1.807, 2.05) is 39.5 Å². The Morgan fingerprint density at radius 1 is 1.35 bits per heavy atom. The third kappa shape index (κ3) is 3.53. The lowest BCUT2D eigenvalue weighted by Crippen LogP contribution is -2.33. The first-order chi connectivity index (χ1) is 7.55. The van der Waals surface area contributed by atoms with Crippen molar-refractivity contribution >= 4 is 11.8 Å². The summed E-state index contributed by atoms with van der Waals surface area (Å²) in [6, 6.07) is -0.517. The van der Waals surface area contributed by atoms with Gasteiger partial charge in [0.05, 0.1) is 0 Å². The van der Waals surface area contributed by atoms with E-state index in [0.29, 0.717) is 12.8 Å². The number of Topliss-reactive ketones (excluding diaryl/α,β-unsaturated/α-hetero) is 1. The largest absolute Gasteiger partial charge is 0.480 e. The van der Waals surface area contributed by atoms with Gasteiger partial charge in [0, 0.05) is 23.9 Å². The minimum atomic E-state index is -0.822. The molecule has 4 heteroatoms. The van der Waals surface area contributed by atoms with E-state index >= 15 is 0 Å². The lowest BCUT2D eigenvalue weighted by molar-refractivity contribution is -0.142. The summed E-state index contributed by atoms with van der Waals surface area (Å²) in [5.74, 6) is -0.694. The maximum absolute atomic E-state index is 11.8. The fraction of sp³-hybridized carbons (Fsp3) is 0.846. The molecule has 2 unspecified atom stereocenters. The van der Waals surface area contributed by atoms with Crippen LogP contribution in [-0.4, -0.2) is 39.9 Å². The summed E-state index contributed by atoms with van der Waals surface area (Å²) in [6.07, 6.45) is 0.752. The van der Waals surface area contributed by atoms with Crippen molar-refractivity contribution in [3.8, 4) is 0 Å². The standard InChI is InChI=1S/C13H23NO3/c1-12(2,3)10(15)7-6-9(11(16)17)14-8-13(14,4)5/h9H,6-8H2,1-5H3,(H,16,17). The second kappa shape index (κ2) is 4.41. The first-order valence-corrected chi connectivity index (χ1v) is 6.08. The highest BCUT2D eigenvalue weighted by molar-refractivity contribution is 5.84. The SMILES string of the molecule is CC(C)(C)C(=O)CCC(C(=O)O)N1CC1(C)C. The van der Waals surface area contributed by atoms with Crippen molar-refractivity contribution in [2.24, 2.45) is 5.41 Å². The van der Waals surface area contributed by atoms with Crippen LogP contribution in [0.2, 0.25) is 0 Å². The van der Waals surface area contributed by atoms with E-state index in [1.165, 1.54) is 0 Å². The summed E-state index contributed by atoms with van der Waals surface area (Å²) in [5, 5.41) is 9.18. The molecule has 0 radical (unpaired) electrons. The van der Waals surface area contributed by atoms with Gasteiger partial charge in [-0.15, -0.1) is 0 Å². The maximum atomic E-state index is 11.8. The van der Waals surface area contributed by atoms with Gasteiger partial charge in [-0.1, -0.05) is 20.8 Å². The molecule has 1 aliphatic rings. The Morgan fingerprint density at radius 3 is 2.12 bits per heavy atom. The van der Waals surface area contributed by atoms with E-state index in [0.717, 1.165) is 6.54 Å². The summed E-state index contributed by atoms with van der Waals surface area (Å²) in [4.78, 5) is 24.9. The van der Waals surface area contributed by atoms with Crippen LogP contribution in [0, 0.1) is 5.41 Å². The molecule has 0 amide bonds. The highest BCUT2D eigenvalue weighted by atomic mass is 16.4. The Labute approximate surface area is 103 Å². The van der Waals surface area contributed by atoms with Crippen LogP contribution in [0.3, 0.4) is 0 Å². The molecule has 4 nitrogen and oxygen atoms in total. The monoisotopic (exact) mass is 241 g/mol. The number of carbonyl (C=O) groups excluding carboxylic acids is 1. The van der Waals surface area contributed by atoms with Crippen LogP contribution in [0.4, 0.5) is 0 Å². The second-order valence-electron chi connectivity index (χ2n) is 6.51. The van der Waals surface area contributed by atoms with Gasteiger partial charge in [0.1, 0.15) is 11.8 Å². The predicted molar refractivity (Wildman–Crippen MR) is 65.9 cm³/mol. The molecule has 0 spiro atoms. The highest BCUT2D eigenvalue weighted by Crippen LogP contribution is 2.35. The van der Waals surface area contributed by atoms with Crippen molar-refractivity contribution < 1.29 is 14.7 Å². The highest BCUT2D eigenvalue weighted by Gasteiger charge is 2.49. The molecule has 0 aromatic rings. The smallest absolute Gasteiger partial charge is 0.320 e. The molecule has 2 atom stereocenters. The first kappa shape index (κ1) is 14.2. The van der Waals surface area contributed by atoms with Crippen molar-refractivity contribution in [1.29, 1.82) is 0 Å². The van der Waals surface area contributed by atoms with Crippen LogP contribution in [0.25, 0.3) is 0 Å². The zero-order valence-electron chi connectivity index (χ0n) is 11.4. The quantitative estimate of drug-likeness (QED) is 0.747. The van der Waals surface area contributed by atoms with Gasteiger partial charge in [-0.2, -0.15) is 0 Å². The summed E-state index contributed by atoms with van der Waals surface area (Å²) in [6.45, 7) is 10.4. The van der Waals surface area contributed by atoms with E-state index < -0.39 is 12.0 Å². The van der Waals surface area contributed by atoms with Gasteiger partial charge in [0.2, 0.25) is 0 Å². The van der Waals surface area contributed by atoms with Crippen LogP contribution in [0.5, 0.6) is 0 Å². The van der Waals surface area contributed by atoms with Gasteiger partial charge >= 0.3 is 5.97 Å². The molecule has 1 heterocycles. The van der Waals surface area contributed by atoms with E-state index in [2.05, 4.69) is 0 Å². The Morgan fingerprint density at radius 2 is 1.82 bits per heavy atom. The van der Waals surface area contributed by atoms with Gasteiger partial charge in [-0.05, 0) is 20.3 Å². The van der Waals surface area contributed by atoms with Crippen LogP contribution >= 0.6 is 0 Å². The minimum Gasteiger partial charge on any atom is -0.480 e. The number of ketones is 1. The predicted octanol–water partition coefficient (Wildman–Crippen LogP) is 1.93. The molecule has 0 aromatic carbocycles. The molecule has 0 aliphatic carbocycles. The van der Waals surface area contributed by atoms with E-state index in [9.17, 15) is 14.7 Å². The zero-order valence-corrected chi connectivity index (χ0v) is 11.4. The normalized spacial score (nSPS) is 24.2. The fourth-order valence-corrected chi connectivity index (χ4v) is 1.97. The Bertz CT molecular complexity index is 328. The third-order valence-electron chi connectivity index (χ3n) is 3.37. The summed E-state index contributed by atoms with van der Waals surface area (Å²) < 4.78 is 0. The van der Waals surface area contributed by atoms with Crippen LogP contribution < -0.4 is 0 Å². The zero-order chi connectivity index (χ0) is 13.4. The minimum absolute atomic E-state index is 0.0200. The van der Waals surface area contributed by atoms with Crippen LogP contribution in [0.15, 0.2) is 0 Å². The molecule has 1 fully saturated rings. The Balaban J connectivity index is 2.53. The van der Waals surface area contributed by atoms with Gasteiger partial charge in [-0.3, -0.25) is 14.5 Å². The maximum Gasteiger partial charge on any atom is 0.320 e. The van der Waals surface area contributed by atoms with Gasteiger partial charge in [0.15, 0.2) is 0 Å². The second-order valence-corrected chi connectivity index (χ2v) is 6.51. The van der Waals surface area contributed by atoms with Crippen LogP contribution in [-0.2, 0) is 9.59 Å². The molecule has 1 rings (SSSR count). The van der Waals surface area contributed by atoms with Crippen molar-refractivity contribution in [3.05, 3.63) is 0 Å². The van der Waals surface area contributed by atoms with E-state index in [4.69, 9.17) is 0 Å². The molecule has 1 saturated heterocycles. The number of hydrogen-bond donors (Lipinski definition) is 1. The van der Waals surface area contributed by atoms with Gasteiger partial charge in [-0.25, -0.2) is 0 Å². The van der Waals surface area contributed by atoms with Gasteiger partial charge in [0.25, 0.3) is 0 Å². The number of hydrogen-bond acceptors (Lipinski definition) is 3. The average Bonchev–Trinajstić information content (AvgIpc) is 2.72. The van der Waals surface area contributed by atoms with Crippen molar-refractivity contribution in [2.45, 2.75) is 59.0 Å². The molecule has 0 saturated carbocycles. The summed E-state index contributed by atoms with van der Waals surface area (Å²) in [5.41, 5.74) is -0.398. The summed E-state index contributed by atoms with van der Waals surface area (Å²) in [7, 11) is 0. The lowest BCUT2D eigenvalue weighted by Gasteiger charge is -2.20. The van der Waals surface area contributed by atoms with Crippen molar-refractivity contribution in [1.82, 2.24) is 4.90 Å².